The molecule has 3 aliphatic rings. The van der Waals surface area contributed by atoms with Crippen LogP contribution in [0.2, 0.25) is 0 Å². The second-order valence-corrected chi connectivity index (χ2v) is 9.39. The summed E-state index contributed by atoms with van der Waals surface area (Å²) in [6, 6.07) is 4.66. The molecule has 3 heterocycles. The van der Waals surface area contributed by atoms with E-state index in [-0.39, 0.29) is 12.6 Å². The molecule has 1 aromatic carbocycles. The maximum absolute atomic E-state index is 13.5. The third-order valence-corrected chi connectivity index (χ3v) is 7.77. The second-order valence-electron chi connectivity index (χ2n) is 7.55. The molecular weight excluding hydrogens is 396 g/mol. The molecule has 1 aromatic rings. The lowest BCUT2D eigenvalue weighted by Gasteiger charge is -2.31. The Labute approximate surface area is 171 Å². The predicted molar refractivity (Wildman–Crippen MR) is 106 cm³/mol. The zero-order valence-corrected chi connectivity index (χ0v) is 17.5. The van der Waals surface area contributed by atoms with Gasteiger partial charge >= 0.3 is 5.97 Å². The van der Waals surface area contributed by atoms with E-state index in [0.29, 0.717) is 50.6 Å². The van der Waals surface area contributed by atoms with Crippen LogP contribution in [-0.4, -0.2) is 61.9 Å². The van der Waals surface area contributed by atoms with E-state index in [0.717, 1.165) is 24.8 Å². The molecule has 2 unspecified atom stereocenters. The summed E-state index contributed by atoms with van der Waals surface area (Å²) in [6.07, 6.45) is 3.48. The minimum Gasteiger partial charge on any atom is -0.490 e. The summed E-state index contributed by atoms with van der Waals surface area (Å²) in [5.41, 5.74) is 0.891. The van der Waals surface area contributed by atoms with Crippen molar-refractivity contribution in [1.82, 2.24) is 8.61 Å². The highest BCUT2D eigenvalue weighted by Gasteiger charge is 2.46. The maximum Gasteiger partial charge on any atom is 0.324 e. The molecule has 0 aliphatic carbocycles. The zero-order valence-electron chi connectivity index (χ0n) is 16.7. The van der Waals surface area contributed by atoms with E-state index in [1.165, 1.54) is 8.61 Å². The van der Waals surface area contributed by atoms with Gasteiger partial charge in [0.2, 0.25) is 0 Å². The molecule has 29 heavy (non-hydrogen) atoms. The Morgan fingerprint density at radius 2 is 1.79 bits per heavy atom. The highest BCUT2D eigenvalue weighted by atomic mass is 32.2. The molecule has 4 rings (SSSR count). The Kier molecular flexibility index (Phi) is 5.98. The molecule has 8 nitrogen and oxygen atoms in total. The standard InChI is InChI=1S/C20H28N2O6S/c1-2-26-20(23)17-7-4-11-22(17)29(24,25)21-10-3-6-16(21)15-8-9-18-19(14-15)28-13-5-12-27-18/h8-9,14,16-17H,2-7,10-13H2,1H3. The summed E-state index contributed by atoms with van der Waals surface area (Å²) in [5.74, 6) is 0.898. The zero-order chi connectivity index (χ0) is 20.4. The van der Waals surface area contributed by atoms with Crippen LogP contribution in [0.3, 0.4) is 0 Å². The van der Waals surface area contributed by atoms with Crippen LogP contribution in [0, 0.1) is 0 Å². The Morgan fingerprint density at radius 1 is 1.07 bits per heavy atom. The Hall–Kier alpha value is -1.84. The van der Waals surface area contributed by atoms with Gasteiger partial charge in [0.15, 0.2) is 11.5 Å². The molecule has 2 saturated heterocycles. The molecule has 0 aromatic heterocycles. The minimum absolute atomic E-state index is 0.243. The smallest absolute Gasteiger partial charge is 0.324 e. The van der Waals surface area contributed by atoms with Gasteiger partial charge in [-0.25, -0.2) is 0 Å². The first-order valence-corrected chi connectivity index (χ1v) is 11.8. The first-order chi connectivity index (χ1) is 14.0. The number of ether oxygens (including phenoxy) is 3. The van der Waals surface area contributed by atoms with Crippen molar-refractivity contribution in [1.29, 1.82) is 0 Å². The fraction of sp³-hybridized carbons (Fsp3) is 0.650. The maximum atomic E-state index is 13.5. The molecule has 3 aliphatic heterocycles. The summed E-state index contributed by atoms with van der Waals surface area (Å²) in [7, 11) is -3.78. The van der Waals surface area contributed by atoms with Gasteiger partial charge in [0, 0.05) is 19.5 Å². The van der Waals surface area contributed by atoms with E-state index in [1.807, 2.05) is 18.2 Å². The molecule has 0 amide bonds. The highest BCUT2D eigenvalue weighted by molar-refractivity contribution is 7.86. The SMILES string of the molecule is CCOC(=O)C1CCCN1S(=O)(=O)N1CCCC1c1ccc2c(c1)OCCCO2. The van der Waals surface area contributed by atoms with Gasteiger partial charge in [0.25, 0.3) is 10.2 Å². The van der Waals surface area contributed by atoms with Crippen LogP contribution in [0.5, 0.6) is 11.5 Å². The van der Waals surface area contributed by atoms with E-state index in [1.54, 1.807) is 6.92 Å². The molecule has 9 heteroatoms. The van der Waals surface area contributed by atoms with Crippen molar-refractivity contribution < 1.29 is 27.4 Å². The normalized spacial score (nSPS) is 25.7. The van der Waals surface area contributed by atoms with E-state index < -0.39 is 22.2 Å². The second kappa shape index (κ2) is 8.49. The van der Waals surface area contributed by atoms with Gasteiger partial charge in [-0.15, -0.1) is 0 Å². The highest BCUT2D eigenvalue weighted by Crippen LogP contribution is 2.40. The van der Waals surface area contributed by atoms with Crippen LogP contribution >= 0.6 is 0 Å². The number of carbonyl (C=O) groups excluding carboxylic acids is 1. The third-order valence-electron chi connectivity index (χ3n) is 5.72. The van der Waals surface area contributed by atoms with E-state index in [9.17, 15) is 13.2 Å². The van der Waals surface area contributed by atoms with Gasteiger partial charge in [-0.1, -0.05) is 6.07 Å². The summed E-state index contributed by atoms with van der Waals surface area (Å²) in [5, 5.41) is 0. The number of rotatable bonds is 5. The summed E-state index contributed by atoms with van der Waals surface area (Å²) >= 11 is 0. The first-order valence-electron chi connectivity index (χ1n) is 10.4. The van der Waals surface area contributed by atoms with Gasteiger partial charge in [-0.05, 0) is 50.3 Å². The quantitative estimate of drug-likeness (QED) is 0.674. The van der Waals surface area contributed by atoms with Gasteiger partial charge in [0.1, 0.15) is 6.04 Å². The van der Waals surface area contributed by atoms with Crippen LogP contribution < -0.4 is 9.47 Å². The fourth-order valence-corrected chi connectivity index (χ4v) is 6.41. The topological polar surface area (TPSA) is 85.4 Å². The van der Waals surface area contributed by atoms with Crippen LogP contribution in [-0.2, 0) is 19.7 Å². The summed E-state index contributed by atoms with van der Waals surface area (Å²) in [4.78, 5) is 12.3. The molecule has 2 fully saturated rings. The lowest BCUT2D eigenvalue weighted by atomic mass is 10.0. The minimum atomic E-state index is -3.78. The Morgan fingerprint density at radius 3 is 2.59 bits per heavy atom. The van der Waals surface area contributed by atoms with Crippen molar-refractivity contribution in [3.8, 4) is 11.5 Å². The molecule has 0 spiro atoms. The third kappa shape index (κ3) is 3.95. The monoisotopic (exact) mass is 424 g/mol. The number of carbonyl (C=O) groups is 1. The van der Waals surface area contributed by atoms with Crippen LogP contribution in [0.4, 0.5) is 0 Å². The summed E-state index contributed by atoms with van der Waals surface area (Å²) < 4.78 is 46.4. The predicted octanol–water partition coefficient (Wildman–Crippen LogP) is 2.26. The number of hydrogen-bond acceptors (Lipinski definition) is 6. The van der Waals surface area contributed by atoms with Crippen molar-refractivity contribution >= 4 is 16.2 Å². The van der Waals surface area contributed by atoms with Crippen LogP contribution in [0.15, 0.2) is 18.2 Å². The Balaban J connectivity index is 1.59. The lowest BCUT2D eigenvalue weighted by Crippen LogP contribution is -2.48. The van der Waals surface area contributed by atoms with Gasteiger partial charge in [-0.2, -0.15) is 17.0 Å². The average Bonchev–Trinajstić information content (AvgIpc) is 3.34. The van der Waals surface area contributed by atoms with Crippen LogP contribution in [0.25, 0.3) is 0 Å². The Bertz CT molecular complexity index is 859. The molecule has 0 N–H and O–H groups in total. The number of hydrogen-bond donors (Lipinski definition) is 0. The van der Waals surface area contributed by atoms with Crippen molar-refractivity contribution in [2.75, 3.05) is 32.9 Å². The van der Waals surface area contributed by atoms with Gasteiger partial charge in [0.05, 0.1) is 25.9 Å². The molecule has 0 radical (unpaired) electrons. The van der Waals surface area contributed by atoms with Crippen molar-refractivity contribution in [2.45, 2.75) is 51.1 Å². The number of fused-ring (bicyclic) bond motifs is 1. The first kappa shape index (κ1) is 20.4. The van der Waals surface area contributed by atoms with Crippen molar-refractivity contribution in [3.63, 3.8) is 0 Å². The largest absolute Gasteiger partial charge is 0.490 e. The number of esters is 1. The van der Waals surface area contributed by atoms with E-state index in [2.05, 4.69) is 0 Å². The number of nitrogens with zero attached hydrogens (tertiary/aromatic N) is 2. The summed E-state index contributed by atoms with van der Waals surface area (Å²) in [6.45, 7) is 3.95. The van der Waals surface area contributed by atoms with E-state index in [4.69, 9.17) is 14.2 Å². The molecular formula is C20H28N2O6S. The fourth-order valence-electron chi connectivity index (χ4n) is 4.36. The van der Waals surface area contributed by atoms with E-state index >= 15 is 0 Å². The van der Waals surface area contributed by atoms with Crippen LogP contribution in [0.1, 0.15) is 50.6 Å². The average molecular weight is 425 g/mol. The molecule has 0 bridgehead atoms. The number of benzene rings is 1. The van der Waals surface area contributed by atoms with Gasteiger partial charge in [-0.3, -0.25) is 4.79 Å². The molecule has 160 valence electrons. The molecule has 2 atom stereocenters. The molecule has 0 saturated carbocycles. The van der Waals surface area contributed by atoms with Crippen molar-refractivity contribution in [2.24, 2.45) is 0 Å². The van der Waals surface area contributed by atoms with Gasteiger partial charge < -0.3 is 14.2 Å². The van der Waals surface area contributed by atoms with Crippen molar-refractivity contribution in [3.05, 3.63) is 23.8 Å². The lowest BCUT2D eigenvalue weighted by molar-refractivity contribution is -0.146.